The van der Waals surface area contributed by atoms with Crippen LogP contribution in [0.5, 0.6) is 0 Å². The molecular formula is C12H23NO2. The summed E-state index contributed by atoms with van der Waals surface area (Å²) >= 11 is 0. The fourth-order valence-corrected chi connectivity index (χ4v) is 2.37. The first-order chi connectivity index (χ1) is 7.22. The normalized spacial score (nSPS) is 38.2. The molecule has 0 saturated carbocycles. The summed E-state index contributed by atoms with van der Waals surface area (Å²) in [5, 5.41) is 3.60. The van der Waals surface area contributed by atoms with E-state index >= 15 is 0 Å². The van der Waals surface area contributed by atoms with Crippen LogP contribution in [0.1, 0.15) is 33.1 Å². The van der Waals surface area contributed by atoms with Crippen LogP contribution in [0.3, 0.4) is 0 Å². The maximum Gasteiger partial charge on any atom is 0.121 e. The highest BCUT2D eigenvalue weighted by Gasteiger charge is 2.36. The molecule has 0 aromatic rings. The van der Waals surface area contributed by atoms with Crippen molar-refractivity contribution in [2.24, 2.45) is 11.8 Å². The summed E-state index contributed by atoms with van der Waals surface area (Å²) in [6, 6.07) is 0. The van der Waals surface area contributed by atoms with Gasteiger partial charge in [0.1, 0.15) is 5.72 Å². The van der Waals surface area contributed by atoms with Crippen molar-refractivity contribution in [1.29, 1.82) is 0 Å². The van der Waals surface area contributed by atoms with Crippen LogP contribution in [0, 0.1) is 11.8 Å². The molecule has 2 aliphatic rings. The van der Waals surface area contributed by atoms with Crippen LogP contribution in [0.25, 0.3) is 0 Å². The SMILES string of the molecule is CC(C)C1CNC2(CCCOCC2)OC1. The topological polar surface area (TPSA) is 30.5 Å². The molecule has 3 nitrogen and oxygen atoms in total. The van der Waals surface area contributed by atoms with Crippen molar-refractivity contribution < 1.29 is 9.47 Å². The minimum absolute atomic E-state index is 0.0676. The minimum atomic E-state index is -0.0676. The molecule has 2 atom stereocenters. The largest absolute Gasteiger partial charge is 0.381 e. The van der Waals surface area contributed by atoms with Gasteiger partial charge in [-0.1, -0.05) is 13.8 Å². The monoisotopic (exact) mass is 213 g/mol. The summed E-state index contributed by atoms with van der Waals surface area (Å²) in [5.41, 5.74) is -0.0676. The molecule has 0 aromatic heterocycles. The molecule has 2 fully saturated rings. The molecule has 0 aromatic carbocycles. The first-order valence-corrected chi connectivity index (χ1v) is 6.19. The molecular weight excluding hydrogens is 190 g/mol. The van der Waals surface area contributed by atoms with Gasteiger partial charge in [-0.25, -0.2) is 0 Å². The second-order valence-corrected chi connectivity index (χ2v) is 5.16. The third kappa shape index (κ3) is 2.71. The summed E-state index contributed by atoms with van der Waals surface area (Å²) in [6.45, 7) is 8.26. The molecule has 1 N–H and O–H groups in total. The quantitative estimate of drug-likeness (QED) is 0.720. The Balaban J connectivity index is 1.89. The summed E-state index contributed by atoms with van der Waals surface area (Å²) in [5.74, 6) is 1.37. The molecule has 2 saturated heterocycles. The maximum absolute atomic E-state index is 6.07. The van der Waals surface area contributed by atoms with Crippen molar-refractivity contribution in [2.75, 3.05) is 26.4 Å². The Labute approximate surface area is 92.5 Å². The van der Waals surface area contributed by atoms with Crippen LogP contribution in [0.15, 0.2) is 0 Å². The van der Waals surface area contributed by atoms with Gasteiger partial charge in [-0.15, -0.1) is 0 Å². The van der Waals surface area contributed by atoms with Crippen molar-refractivity contribution in [1.82, 2.24) is 5.32 Å². The Bertz CT molecular complexity index is 188. The molecule has 2 rings (SSSR count). The van der Waals surface area contributed by atoms with Crippen molar-refractivity contribution >= 4 is 0 Å². The van der Waals surface area contributed by atoms with Crippen molar-refractivity contribution in [3.63, 3.8) is 0 Å². The van der Waals surface area contributed by atoms with Crippen LogP contribution in [-0.2, 0) is 9.47 Å². The van der Waals surface area contributed by atoms with E-state index in [1.807, 2.05) is 0 Å². The molecule has 15 heavy (non-hydrogen) atoms. The van der Waals surface area contributed by atoms with Gasteiger partial charge in [-0.3, -0.25) is 5.32 Å². The van der Waals surface area contributed by atoms with Crippen molar-refractivity contribution in [2.45, 2.75) is 38.8 Å². The summed E-state index contributed by atoms with van der Waals surface area (Å²) in [6.07, 6.45) is 3.20. The Kier molecular flexibility index (Phi) is 3.65. The number of hydrogen-bond acceptors (Lipinski definition) is 3. The van der Waals surface area contributed by atoms with Gasteiger partial charge in [0.15, 0.2) is 0 Å². The minimum Gasteiger partial charge on any atom is -0.381 e. The molecule has 0 radical (unpaired) electrons. The lowest BCUT2D eigenvalue weighted by molar-refractivity contribution is -0.131. The van der Waals surface area contributed by atoms with E-state index in [1.54, 1.807) is 0 Å². The lowest BCUT2D eigenvalue weighted by Gasteiger charge is -2.41. The molecule has 0 bridgehead atoms. The lowest BCUT2D eigenvalue weighted by atomic mass is 9.92. The first kappa shape index (κ1) is 11.4. The van der Waals surface area contributed by atoms with E-state index in [1.165, 1.54) is 0 Å². The summed E-state index contributed by atoms with van der Waals surface area (Å²) < 4.78 is 11.5. The number of nitrogens with one attached hydrogen (secondary N) is 1. The predicted molar refractivity (Wildman–Crippen MR) is 59.7 cm³/mol. The zero-order chi connectivity index (χ0) is 10.7. The third-order valence-electron chi connectivity index (χ3n) is 3.72. The van der Waals surface area contributed by atoms with E-state index in [0.29, 0.717) is 11.8 Å². The fraction of sp³-hybridized carbons (Fsp3) is 1.00. The molecule has 2 unspecified atom stereocenters. The van der Waals surface area contributed by atoms with E-state index in [2.05, 4.69) is 19.2 Å². The average molecular weight is 213 g/mol. The molecule has 2 aliphatic heterocycles. The van der Waals surface area contributed by atoms with Gasteiger partial charge in [-0.2, -0.15) is 0 Å². The maximum atomic E-state index is 6.07. The predicted octanol–water partition coefficient (Wildman–Crippen LogP) is 1.78. The molecule has 88 valence electrons. The van der Waals surface area contributed by atoms with Crippen molar-refractivity contribution in [3.05, 3.63) is 0 Å². The molecule has 2 heterocycles. The van der Waals surface area contributed by atoms with Crippen LogP contribution in [-0.4, -0.2) is 32.1 Å². The van der Waals surface area contributed by atoms with Gasteiger partial charge in [0.25, 0.3) is 0 Å². The standard InChI is InChI=1S/C12H23NO2/c1-10(2)11-8-13-12(15-9-11)4-3-6-14-7-5-12/h10-11,13H,3-9H2,1-2H3. The summed E-state index contributed by atoms with van der Waals surface area (Å²) in [7, 11) is 0. The highest BCUT2D eigenvalue weighted by molar-refractivity contribution is 4.86. The van der Waals surface area contributed by atoms with Crippen LogP contribution >= 0.6 is 0 Å². The van der Waals surface area contributed by atoms with E-state index in [9.17, 15) is 0 Å². The third-order valence-corrected chi connectivity index (χ3v) is 3.72. The van der Waals surface area contributed by atoms with Gasteiger partial charge in [0.05, 0.1) is 13.2 Å². The number of ether oxygens (including phenoxy) is 2. The fourth-order valence-electron chi connectivity index (χ4n) is 2.37. The Morgan fingerprint density at radius 1 is 1.27 bits per heavy atom. The first-order valence-electron chi connectivity index (χ1n) is 6.19. The zero-order valence-corrected chi connectivity index (χ0v) is 9.92. The van der Waals surface area contributed by atoms with Gasteiger partial charge in [0, 0.05) is 19.6 Å². The van der Waals surface area contributed by atoms with Crippen LogP contribution in [0.4, 0.5) is 0 Å². The highest BCUT2D eigenvalue weighted by Crippen LogP contribution is 2.28. The Hall–Kier alpha value is -0.120. The van der Waals surface area contributed by atoms with E-state index in [4.69, 9.17) is 9.47 Å². The smallest absolute Gasteiger partial charge is 0.121 e. The summed E-state index contributed by atoms with van der Waals surface area (Å²) in [4.78, 5) is 0. The second-order valence-electron chi connectivity index (χ2n) is 5.16. The second kappa shape index (κ2) is 4.81. The van der Waals surface area contributed by atoms with Crippen LogP contribution < -0.4 is 5.32 Å². The highest BCUT2D eigenvalue weighted by atomic mass is 16.5. The van der Waals surface area contributed by atoms with Gasteiger partial charge in [0.2, 0.25) is 0 Å². The van der Waals surface area contributed by atoms with E-state index in [0.717, 1.165) is 45.6 Å². The Morgan fingerprint density at radius 3 is 2.80 bits per heavy atom. The molecule has 0 aliphatic carbocycles. The Morgan fingerprint density at radius 2 is 2.13 bits per heavy atom. The van der Waals surface area contributed by atoms with Crippen LogP contribution in [0.2, 0.25) is 0 Å². The van der Waals surface area contributed by atoms with E-state index < -0.39 is 0 Å². The zero-order valence-electron chi connectivity index (χ0n) is 9.92. The lowest BCUT2D eigenvalue weighted by Crippen LogP contribution is -2.55. The molecule has 3 heteroatoms. The molecule has 1 spiro atoms. The van der Waals surface area contributed by atoms with Gasteiger partial charge < -0.3 is 9.47 Å². The number of hydrogen-bond donors (Lipinski definition) is 1. The molecule has 0 amide bonds. The van der Waals surface area contributed by atoms with Gasteiger partial charge in [-0.05, 0) is 24.7 Å². The van der Waals surface area contributed by atoms with Crippen molar-refractivity contribution in [3.8, 4) is 0 Å². The average Bonchev–Trinajstić information content (AvgIpc) is 2.45. The van der Waals surface area contributed by atoms with Gasteiger partial charge >= 0.3 is 0 Å². The van der Waals surface area contributed by atoms with E-state index in [-0.39, 0.29) is 5.72 Å². The number of rotatable bonds is 1.